The molecule has 1 atom stereocenters. The molecule has 0 aliphatic rings. The van der Waals surface area contributed by atoms with Crippen molar-refractivity contribution in [2.24, 2.45) is 4.99 Å². The summed E-state index contributed by atoms with van der Waals surface area (Å²) in [5, 5.41) is 7.11. The van der Waals surface area contributed by atoms with Crippen molar-refractivity contribution in [1.82, 2.24) is 15.5 Å². The third-order valence-electron chi connectivity index (χ3n) is 3.89. The summed E-state index contributed by atoms with van der Waals surface area (Å²) in [6, 6.07) is 17.6. The Morgan fingerprint density at radius 2 is 1.77 bits per heavy atom. The SMILES string of the molecule is CC(NC(=NCc1ccccc1)NCC(=O)N(C)C)c1ccccc1Cl. The third-order valence-corrected chi connectivity index (χ3v) is 4.24. The fourth-order valence-electron chi connectivity index (χ4n) is 2.33. The summed E-state index contributed by atoms with van der Waals surface area (Å²) in [4.78, 5) is 18.0. The van der Waals surface area contributed by atoms with Gasteiger partial charge in [-0.1, -0.05) is 60.1 Å². The van der Waals surface area contributed by atoms with Gasteiger partial charge in [-0.25, -0.2) is 4.99 Å². The Kier molecular flexibility index (Phi) is 7.48. The smallest absolute Gasteiger partial charge is 0.241 e. The molecule has 2 rings (SSSR count). The standard InChI is InChI=1S/C20H25ClN4O/c1-15(17-11-7-8-12-18(17)21)24-20(23-14-19(26)25(2)3)22-13-16-9-5-4-6-10-16/h4-12,15H,13-14H2,1-3H3,(H2,22,23,24). The summed E-state index contributed by atoms with van der Waals surface area (Å²) in [6.07, 6.45) is 0. The van der Waals surface area contributed by atoms with Crippen molar-refractivity contribution in [2.75, 3.05) is 20.6 Å². The number of hydrogen-bond acceptors (Lipinski definition) is 2. The van der Waals surface area contributed by atoms with Crippen molar-refractivity contribution >= 4 is 23.5 Å². The summed E-state index contributed by atoms with van der Waals surface area (Å²) in [6.45, 7) is 2.69. The van der Waals surface area contributed by atoms with Crippen LogP contribution in [0.2, 0.25) is 5.02 Å². The molecule has 0 aliphatic heterocycles. The zero-order valence-corrected chi connectivity index (χ0v) is 16.1. The Hall–Kier alpha value is -2.53. The maximum absolute atomic E-state index is 11.9. The van der Waals surface area contributed by atoms with Gasteiger partial charge in [-0.2, -0.15) is 0 Å². The van der Waals surface area contributed by atoms with E-state index in [0.29, 0.717) is 17.5 Å². The lowest BCUT2D eigenvalue weighted by atomic mass is 10.1. The lowest BCUT2D eigenvalue weighted by Gasteiger charge is -2.20. The number of nitrogens with zero attached hydrogens (tertiary/aromatic N) is 2. The van der Waals surface area contributed by atoms with Gasteiger partial charge in [0, 0.05) is 19.1 Å². The number of benzene rings is 2. The number of amides is 1. The van der Waals surface area contributed by atoms with Crippen molar-refractivity contribution in [3.05, 3.63) is 70.7 Å². The molecule has 0 spiro atoms. The van der Waals surface area contributed by atoms with Gasteiger partial charge < -0.3 is 15.5 Å². The van der Waals surface area contributed by atoms with Crippen LogP contribution in [0.5, 0.6) is 0 Å². The number of halogens is 1. The highest BCUT2D eigenvalue weighted by Gasteiger charge is 2.12. The monoisotopic (exact) mass is 372 g/mol. The fourth-order valence-corrected chi connectivity index (χ4v) is 2.63. The van der Waals surface area contributed by atoms with E-state index in [1.54, 1.807) is 19.0 Å². The van der Waals surface area contributed by atoms with Crippen molar-refractivity contribution < 1.29 is 4.79 Å². The van der Waals surface area contributed by atoms with Crippen LogP contribution in [0, 0.1) is 0 Å². The molecule has 0 aromatic heterocycles. The number of rotatable bonds is 6. The van der Waals surface area contributed by atoms with Gasteiger partial charge in [0.15, 0.2) is 5.96 Å². The fraction of sp³-hybridized carbons (Fsp3) is 0.300. The first-order valence-electron chi connectivity index (χ1n) is 8.50. The Morgan fingerprint density at radius 1 is 1.12 bits per heavy atom. The van der Waals surface area contributed by atoms with E-state index in [0.717, 1.165) is 11.1 Å². The molecule has 0 heterocycles. The van der Waals surface area contributed by atoms with Crippen molar-refractivity contribution in [3.63, 3.8) is 0 Å². The number of hydrogen-bond donors (Lipinski definition) is 2. The van der Waals surface area contributed by atoms with Crippen LogP contribution in [0.4, 0.5) is 0 Å². The summed E-state index contributed by atoms with van der Waals surface area (Å²) in [7, 11) is 3.45. The molecule has 0 radical (unpaired) electrons. The number of guanidine groups is 1. The predicted molar refractivity (Wildman–Crippen MR) is 107 cm³/mol. The minimum atomic E-state index is -0.0554. The Balaban J connectivity index is 2.11. The molecular weight excluding hydrogens is 348 g/mol. The van der Waals surface area contributed by atoms with Crippen LogP contribution >= 0.6 is 11.6 Å². The maximum Gasteiger partial charge on any atom is 0.241 e. The normalized spacial score (nSPS) is 12.4. The van der Waals surface area contributed by atoms with Crippen LogP contribution in [-0.4, -0.2) is 37.4 Å². The number of aliphatic imine (C=N–C) groups is 1. The lowest BCUT2D eigenvalue weighted by Crippen LogP contribution is -2.43. The van der Waals surface area contributed by atoms with Gasteiger partial charge in [-0.15, -0.1) is 0 Å². The van der Waals surface area contributed by atoms with Crippen LogP contribution in [0.3, 0.4) is 0 Å². The third kappa shape index (κ3) is 6.08. The van der Waals surface area contributed by atoms with Crippen molar-refractivity contribution in [2.45, 2.75) is 19.5 Å². The van der Waals surface area contributed by atoms with Gasteiger partial charge >= 0.3 is 0 Å². The predicted octanol–water partition coefficient (Wildman–Crippen LogP) is 3.22. The molecule has 0 aliphatic carbocycles. The lowest BCUT2D eigenvalue weighted by molar-refractivity contribution is -0.127. The topological polar surface area (TPSA) is 56.7 Å². The minimum absolute atomic E-state index is 0.0235. The van der Waals surface area contributed by atoms with Gasteiger partial charge in [0.2, 0.25) is 5.91 Å². The van der Waals surface area contributed by atoms with E-state index in [-0.39, 0.29) is 18.5 Å². The summed E-state index contributed by atoms with van der Waals surface area (Å²) in [5.41, 5.74) is 2.07. The van der Waals surface area contributed by atoms with Crippen molar-refractivity contribution in [3.8, 4) is 0 Å². The van der Waals surface area contributed by atoms with E-state index in [9.17, 15) is 4.79 Å². The second kappa shape index (κ2) is 9.82. The zero-order valence-electron chi connectivity index (χ0n) is 15.4. The Bertz CT molecular complexity index is 746. The van der Waals surface area contributed by atoms with E-state index in [2.05, 4.69) is 15.6 Å². The van der Waals surface area contributed by atoms with Crippen LogP contribution in [-0.2, 0) is 11.3 Å². The highest BCUT2D eigenvalue weighted by Crippen LogP contribution is 2.21. The number of carbonyl (C=O) groups is 1. The van der Waals surface area contributed by atoms with E-state index in [1.807, 2.05) is 61.5 Å². The molecule has 1 amide bonds. The summed E-state index contributed by atoms with van der Waals surface area (Å²) in [5.74, 6) is 0.543. The van der Waals surface area contributed by atoms with E-state index in [4.69, 9.17) is 11.6 Å². The number of carbonyl (C=O) groups excluding carboxylic acids is 1. The summed E-state index contributed by atoms with van der Waals surface area (Å²) < 4.78 is 0. The molecule has 6 heteroatoms. The molecule has 2 aromatic rings. The largest absolute Gasteiger partial charge is 0.350 e. The van der Waals surface area contributed by atoms with Crippen LogP contribution in [0.25, 0.3) is 0 Å². The Morgan fingerprint density at radius 3 is 2.42 bits per heavy atom. The second-order valence-electron chi connectivity index (χ2n) is 6.18. The maximum atomic E-state index is 11.9. The molecule has 0 saturated heterocycles. The first-order valence-corrected chi connectivity index (χ1v) is 8.88. The van der Waals surface area contributed by atoms with Gasteiger partial charge in [0.25, 0.3) is 0 Å². The molecule has 0 fully saturated rings. The van der Waals surface area contributed by atoms with Crippen LogP contribution in [0.1, 0.15) is 24.1 Å². The average molecular weight is 373 g/mol. The van der Waals surface area contributed by atoms with Gasteiger partial charge in [-0.3, -0.25) is 4.79 Å². The first-order chi connectivity index (χ1) is 12.5. The quantitative estimate of drug-likeness (QED) is 0.604. The molecule has 26 heavy (non-hydrogen) atoms. The molecule has 5 nitrogen and oxygen atoms in total. The molecule has 2 N–H and O–H groups in total. The minimum Gasteiger partial charge on any atom is -0.350 e. The summed E-state index contributed by atoms with van der Waals surface area (Å²) >= 11 is 6.28. The highest BCUT2D eigenvalue weighted by atomic mass is 35.5. The molecular formula is C20H25ClN4O. The number of nitrogens with one attached hydrogen (secondary N) is 2. The molecule has 0 bridgehead atoms. The Labute approximate surface area is 160 Å². The van der Waals surface area contributed by atoms with Gasteiger partial charge in [0.05, 0.1) is 19.1 Å². The van der Waals surface area contributed by atoms with Gasteiger partial charge in [0.1, 0.15) is 0 Å². The van der Waals surface area contributed by atoms with Gasteiger partial charge in [-0.05, 0) is 24.1 Å². The number of likely N-dealkylation sites (N-methyl/N-ethyl adjacent to an activating group) is 1. The van der Waals surface area contributed by atoms with E-state index >= 15 is 0 Å². The van der Waals surface area contributed by atoms with Crippen molar-refractivity contribution in [1.29, 1.82) is 0 Å². The highest BCUT2D eigenvalue weighted by molar-refractivity contribution is 6.31. The van der Waals surface area contributed by atoms with E-state index in [1.165, 1.54) is 0 Å². The zero-order chi connectivity index (χ0) is 18.9. The first kappa shape index (κ1) is 19.8. The molecule has 1 unspecified atom stereocenters. The molecule has 2 aromatic carbocycles. The van der Waals surface area contributed by atoms with E-state index < -0.39 is 0 Å². The van der Waals surface area contributed by atoms with Crippen LogP contribution in [0.15, 0.2) is 59.6 Å². The average Bonchev–Trinajstić information content (AvgIpc) is 2.64. The van der Waals surface area contributed by atoms with Crippen LogP contribution < -0.4 is 10.6 Å². The molecule has 138 valence electrons. The second-order valence-corrected chi connectivity index (χ2v) is 6.59. The molecule has 0 saturated carbocycles.